The summed E-state index contributed by atoms with van der Waals surface area (Å²) in [7, 11) is -2.63. The van der Waals surface area contributed by atoms with E-state index in [1.807, 2.05) is 35.3 Å². The molecule has 0 saturated carbocycles. The van der Waals surface area contributed by atoms with Crippen molar-refractivity contribution in [3.63, 3.8) is 0 Å². The number of urea groups is 1. The number of rotatable bonds is 11. The van der Waals surface area contributed by atoms with Gasteiger partial charge in [-0.15, -0.1) is 0 Å². The first-order valence-corrected chi connectivity index (χ1v) is 17.9. The second kappa shape index (κ2) is 14.4. The van der Waals surface area contributed by atoms with Crippen LogP contribution in [0, 0.1) is 5.82 Å². The van der Waals surface area contributed by atoms with E-state index in [4.69, 9.17) is 32.9 Å². The van der Waals surface area contributed by atoms with Crippen LogP contribution in [0.15, 0.2) is 70.8 Å². The molecule has 0 unspecified atom stereocenters. The molecule has 0 atom stereocenters. The van der Waals surface area contributed by atoms with Crippen LogP contribution in [0.25, 0.3) is 5.69 Å². The summed E-state index contributed by atoms with van der Waals surface area (Å²) in [5.74, 6) is 0.297. The number of thioether (sulfide) groups is 1. The van der Waals surface area contributed by atoms with Gasteiger partial charge in [-0.25, -0.2) is 32.3 Å². The fourth-order valence-electron chi connectivity index (χ4n) is 5.28. The van der Waals surface area contributed by atoms with Crippen LogP contribution in [-0.4, -0.2) is 54.3 Å². The lowest BCUT2D eigenvalue weighted by atomic mass is 9.81. The van der Waals surface area contributed by atoms with Crippen LogP contribution in [0.2, 0.25) is 10.0 Å². The maximum atomic E-state index is 14.4. The smallest absolute Gasteiger partial charge is 0.343 e. The van der Waals surface area contributed by atoms with E-state index in [-0.39, 0.29) is 15.5 Å². The molecule has 0 bridgehead atoms. The topological polar surface area (TPSA) is 126 Å². The molecule has 47 heavy (non-hydrogen) atoms. The van der Waals surface area contributed by atoms with Crippen LogP contribution in [0.1, 0.15) is 49.1 Å². The normalized spacial score (nSPS) is 13.9. The van der Waals surface area contributed by atoms with Crippen molar-refractivity contribution in [3.8, 4) is 11.4 Å². The predicted octanol–water partition coefficient (Wildman–Crippen LogP) is 6.44. The van der Waals surface area contributed by atoms with Crippen molar-refractivity contribution in [1.29, 1.82) is 0 Å². The number of carbonyl (C=O) groups is 1. The summed E-state index contributed by atoms with van der Waals surface area (Å²) < 4.78 is 49.6. The highest BCUT2D eigenvalue weighted by Gasteiger charge is 2.31. The third-order valence-corrected chi connectivity index (χ3v) is 11.0. The van der Waals surface area contributed by atoms with Gasteiger partial charge in [0.15, 0.2) is 5.16 Å². The molecule has 2 amide bonds. The first-order chi connectivity index (χ1) is 22.3. The Bertz CT molecular complexity index is 1900. The van der Waals surface area contributed by atoms with Crippen molar-refractivity contribution >= 4 is 51.0 Å². The number of halogens is 3. The third-order valence-electron chi connectivity index (χ3n) is 7.98. The highest BCUT2D eigenvalue weighted by molar-refractivity contribution is 7.98. The molecule has 5 rings (SSSR count). The Labute approximate surface area is 287 Å². The van der Waals surface area contributed by atoms with Gasteiger partial charge in [0.1, 0.15) is 11.6 Å². The number of sulfonamides is 1. The van der Waals surface area contributed by atoms with Crippen LogP contribution >= 0.6 is 35.0 Å². The number of aliphatic hydroxyl groups is 1. The Morgan fingerprint density at radius 3 is 2.49 bits per heavy atom. The number of hydrogen-bond acceptors (Lipinski definition) is 8. The van der Waals surface area contributed by atoms with Gasteiger partial charge in [-0.1, -0.05) is 60.9 Å². The number of amides is 2. The number of benzene rings is 3. The average Bonchev–Trinajstić information content (AvgIpc) is 3.71. The van der Waals surface area contributed by atoms with Gasteiger partial charge in [-0.3, -0.25) is 9.99 Å². The van der Waals surface area contributed by atoms with Gasteiger partial charge in [0.25, 0.3) is 10.0 Å². The van der Waals surface area contributed by atoms with Crippen molar-refractivity contribution in [3.05, 3.63) is 99.0 Å². The zero-order chi connectivity index (χ0) is 33.9. The summed E-state index contributed by atoms with van der Waals surface area (Å²) in [5, 5.41) is 12.7. The molecular formula is C32H34Cl2FN5O5S2. The molecule has 0 radical (unpaired) electrons. The van der Waals surface area contributed by atoms with E-state index in [9.17, 15) is 22.7 Å². The minimum Gasteiger partial charge on any atom is -0.495 e. The Balaban J connectivity index is 1.43. The molecule has 0 spiro atoms. The highest BCUT2D eigenvalue weighted by Crippen LogP contribution is 2.40. The number of aromatic nitrogens is 2. The van der Waals surface area contributed by atoms with Gasteiger partial charge in [-0.2, -0.15) is 0 Å². The lowest BCUT2D eigenvalue weighted by Crippen LogP contribution is -2.47. The Hall–Kier alpha value is -3.33. The third kappa shape index (κ3) is 7.71. The van der Waals surface area contributed by atoms with Crippen molar-refractivity contribution in [2.75, 3.05) is 20.2 Å². The quantitative estimate of drug-likeness (QED) is 0.151. The molecule has 3 aromatic carbocycles. The van der Waals surface area contributed by atoms with Crippen molar-refractivity contribution in [1.82, 2.24) is 24.7 Å². The fourth-order valence-corrected chi connectivity index (χ4v) is 7.79. The Kier molecular flexibility index (Phi) is 10.7. The maximum Gasteiger partial charge on any atom is 0.343 e. The van der Waals surface area contributed by atoms with Crippen molar-refractivity contribution in [2.45, 2.75) is 54.5 Å². The number of ether oxygens (including phenoxy) is 1. The molecule has 15 heteroatoms. The number of hydrogen-bond donors (Lipinski definition) is 3. The largest absolute Gasteiger partial charge is 0.495 e. The van der Waals surface area contributed by atoms with Crippen LogP contribution in [0.5, 0.6) is 5.75 Å². The van der Waals surface area contributed by atoms with Crippen molar-refractivity contribution in [2.24, 2.45) is 0 Å². The average molecular weight is 723 g/mol. The van der Waals surface area contributed by atoms with Gasteiger partial charge in [-0.05, 0) is 66.4 Å². The van der Waals surface area contributed by atoms with E-state index in [1.54, 1.807) is 42.6 Å². The second-order valence-corrected chi connectivity index (χ2v) is 14.9. The number of hydrazine groups is 1. The maximum absolute atomic E-state index is 14.4. The standard InChI is InChI=1S/C32H34Cl2FN5O5S2/c1-32(2,22-7-10-25(33)28(15-22)45-3)29-17-36-31(40(29)23-8-11-27(35)21(14-23)18-41)46-19-20-6-9-24(16-26(20)34)47(43,44)38-30(42)37-39-12-4-5-13-39/h6-11,14-17,41H,4-5,12-13,18-19H2,1-3H3,(H2,37,38,42). The first kappa shape index (κ1) is 35.0. The Morgan fingerprint density at radius 1 is 1.06 bits per heavy atom. The van der Waals surface area contributed by atoms with E-state index >= 15 is 0 Å². The van der Waals surface area contributed by atoms with Crippen molar-refractivity contribution < 1.29 is 27.4 Å². The van der Waals surface area contributed by atoms with E-state index in [2.05, 4.69) is 5.43 Å². The number of aliphatic hydroxyl groups excluding tert-OH is 1. The molecule has 1 aromatic heterocycles. The van der Waals surface area contributed by atoms with E-state index in [1.165, 1.54) is 30.0 Å². The number of imidazole rings is 1. The van der Waals surface area contributed by atoms with Gasteiger partial charge in [0.05, 0.1) is 35.5 Å². The highest BCUT2D eigenvalue weighted by atomic mass is 35.5. The molecule has 2 heterocycles. The minimum absolute atomic E-state index is 0.131. The van der Waals surface area contributed by atoms with E-state index in [0.29, 0.717) is 46.0 Å². The molecule has 1 aliphatic rings. The molecule has 250 valence electrons. The van der Waals surface area contributed by atoms with Crippen LogP contribution < -0.4 is 14.9 Å². The number of methoxy groups -OCH3 is 1. The number of nitrogens with one attached hydrogen (secondary N) is 2. The lowest BCUT2D eigenvalue weighted by Gasteiger charge is -2.28. The fraction of sp³-hybridized carbons (Fsp3) is 0.312. The van der Waals surface area contributed by atoms with E-state index < -0.39 is 33.9 Å². The predicted molar refractivity (Wildman–Crippen MR) is 180 cm³/mol. The van der Waals surface area contributed by atoms with Crippen LogP contribution in [0.4, 0.5) is 9.18 Å². The Morgan fingerprint density at radius 2 is 1.81 bits per heavy atom. The summed E-state index contributed by atoms with van der Waals surface area (Å²) in [5.41, 5.74) is 4.91. The minimum atomic E-state index is -4.17. The monoisotopic (exact) mass is 721 g/mol. The first-order valence-electron chi connectivity index (χ1n) is 14.7. The molecular weight excluding hydrogens is 688 g/mol. The summed E-state index contributed by atoms with van der Waals surface area (Å²) in [6, 6.07) is 13.4. The molecule has 4 aromatic rings. The van der Waals surface area contributed by atoms with Crippen LogP contribution in [0.3, 0.4) is 0 Å². The zero-order valence-electron chi connectivity index (χ0n) is 25.9. The van der Waals surface area contributed by atoms with Gasteiger partial charge in [0, 0.05) is 40.5 Å². The SMILES string of the molecule is COc1cc(C(C)(C)c2cnc(SCc3ccc(S(=O)(=O)NC(=O)NN4CCCC4)cc3Cl)n2-c2ccc(F)c(CO)c2)ccc1Cl. The molecule has 1 fully saturated rings. The van der Waals surface area contributed by atoms with E-state index in [0.717, 1.165) is 24.1 Å². The molecule has 0 aliphatic carbocycles. The van der Waals surface area contributed by atoms with Crippen LogP contribution in [-0.2, 0) is 27.8 Å². The summed E-state index contributed by atoms with van der Waals surface area (Å²) in [4.78, 5) is 16.8. The van der Waals surface area contributed by atoms with Gasteiger partial charge < -0.3 is 9.84 Å². The number of carbonyl (C=O) groups excluding carboxylic acids is 1. The second-order valence-electron chi connectivity index (χ2n) is 11.5. The van der Waals surface area contributed by atoms with Gasteiger partial charge in [0.2, 0.25) is 0 Å². The lowest BCUT2D eigenvalue weighted by molar-refractivity contribution is 0.202. The molecule has 1 saturated heterocycles. The number of nitrogens with zero attached hydrogens (tertiary/aromatic N) is 3. The molecule has 1 aliphatic heterocycles. The van der Waals surface area contributed by atoms with Gasteiger partial charge >= 0.3 is 6.03 Å². The molecule has 3 N–H and O–H groups in total. The summed E-state index contributed by atoms with van der Waals surface area (Å²) in [6.45, 7) is 4.86. The molecule has 10 nitrogen and oxygen atoms in total. The summed E-state index contributed by atoms with van der Waals surface area (Å²) in [6.07, 6.45) is 3.58. The summed E-state index contributed by atoms with van der Waals surface area (Å²) >= 11 is 14.2. The zero-order valence-corrected chi connectivity index (χ0v) is 29.0.